The van der Waals surface area contributed by atoms with Crippen LogP contribution in [-0.2, 0) is 20.9 Å². The summed E-state index contributed by atoms with van der Waals surface area (Å²) >= 11 is 0. The van der Waals surface area contributed by atoms with Crippen LogP contribution in [0.3, 0.4) is 0 Å². The molecule has 2 heterocycles. The molecule has 0 spiro atoms. The number of halogens is 1. The number of amides is 1. The quantitative estimate of drug-likeness (QED) is 0.559. The van der Waals surface area contributed by atoms with Crippen LogP contribution in [0.1, 0.15) is 12.7 Å². The van der Waals surface area contributed by atoms with E-state index in [1.807, 2.05) is 0 Å². The van der Waals surface area contributed by atoms with E-state index in [2.05, 4.69) is 20.4 Å². The van der Waals surface area contributed by atoms with Crippen molar-refractivity contribution in [3.63, 3.8) is 0 Å². The molecule has 0 aliphatic carbocycles. The van der Waals surface area contributed by atoms with Gasteiger partial charge in [-0.05, 0) is 35.5 Å². The van der Waals surface area contributed by atoms with Crippen LogP contribution < -0.4 is 0 Å². The van der Waals surface area contributed by atoms with E-state index in [0.29, 0.717) is 44.2 Å². The zero-order chi connectivity index (χ0) is 18.5. The fraction of sp³-hybridized carbons (Fsp3) is 0.438. The number of aromatic nitrogens is 4. The smallest absolute Gasteiger partial charge is 0.397 e. The van der Waals surface area contributed by atoms with Crippen LogP contribution in [-0.4, -0.2) is 74.7 Å². The first kappa shape index (κ1) is 17.9. The average molecular weight is 362 g/mol. The Bertz CT molecular complexity index is 788. The molecule has 0 bridgehead atoms. The Morgan fingerprint density at radius 2 is 2.00 bits per heavy atom. The summed E-state index contributed by atoms with van der Waals surface area (Å²) in [6.07, 6.45) is 0. The minimum Gasteiger partial charge on any atom is -0.459 e. The van der Waals surface area contributed by atoms with Crippen molar-refractivity contribution >= 4 is 11.9 Å². The van der Waals surface area contributed by atoms with Gasteiger partial charge in [0.15, 0.2) is 5.82 Å². The van der Waals surface area contributed by atoms with Gasteiger partial charge in [0.05, 0.1) is 18.8 Å². The van der Waals surface area contributed by atoms with Gasteiger partial charge < -0.3 is 9.64 Å². The van der Waals surface area contributed by atoms with E-state index in [1.54, 1.807) is 19.1 Å². The molecule has 9 nitrogen and oxygen atoms in total. The van der Waals surface area contributed by atoms with Gasteiger partial charge in [-0.3, -0.25) is 9.69 Å². The highest BCUT2D eigenvalue weighted by atomic mass is 19.1. The van der Waals surface area contributed by atoms with Gasteiger partial charge in [-0.25, -0.2) is 9.18 Å². The molecule has 3 rings (SSSR count). The minimum absolute atomic E-state index is 0.174. The Morgan fingerprint density at radius 3 is 2.69 bits per heavy atom. The number of carbonyl (C=O) groups excluding carboxylic acids is 2. The van der Waals surface area contributed by atoms with Crippen molar-refractivity contribution in [3.05, 3.63) is 35.9 Å². The third-order valence-electron chi connectivity index (χ3n) is 4.06. The number of rotatable bonds is 4. The molecule has 0 N–H and O–H groups in total. The molecule has 0 unspecified atom stereocenters. The number of tetrazole rings is 1. The van der Waals surface area contributed by atoms with E-state index >= 15 is 0 Å². The summed E-state index contributed by atoms with van der Waals surface area (Å²) in [5.74, 6) is -1.23. The van der Waals surface area contributed by atoms with Crippen molar-refractivity contribution in [1.29, 1.82) is 0 Å². The Hall–Kier alpha value is -2.88. The molecule has 1 aliphatic heterocycles. The molecule has 1 saturated heterocycles. The Kier molecular flexibility index (Phi) is 5.52. The third kappa shape index (κ3) is 4.02. The molecule has 1 fully saturated rings. The summed E-state index contributed by atoms with van der Waals surface area (Å²) in [4.78, 5) is 27.0. The van der Waals surface area contributed by atoms with Crippen LogP contribution in [0.5, 0.6) is 0 Å². The van der Waals surface area contributed by atoms with Gasteiger partial charge in [0, 0.05) is 26.2 Å². The molecule has 1 amide bonds. The molecule has 0 saturated carbocycles. The lowest BCUT2D eigenvalue weighted by molar-refractivity contribution is -0.160. The standard InChI is InChI=1S/C16H19FN6O3/c1-2-26-16(25)15(24)22-8-6-21(7-9-22)11-14-18-19-20-23(14)13-5-3-4-12(17)10-13/h3-5,10H,2,6-9,11H2,1H3. The van der Waals surface area contributed by atoms with Gasteiger partial charge in [-0.15, -0.1) is 5.10 Å². The monoisotopic (exact) mass is 362 g/mol. The van der Waals surface area contributed by atoms with Gasteiger partial charge in [0.25, 0.3) is 0 Å². The highest BCUT2D eigenvalue weighted by molar-refractivity contribution is 6.32. The summed E-state index contributed by atoms with van der Waals surface area (Å²) in [6.45, 7) is 4.25. The number of piperazine rings is 1. The Morgan fingerprint density at radius 1 is 1.23 bits per heavy atom. The highest BCUT2D eigenvalue weighted by Gasteiger charge is 2.27. The van der Waals surface area contributed by atoms with Crippen LogP contribution in [0, 0.1) is 5.82 Å². The van der Waals surface area contributed by atoms with Gasteiger partial charge in [-0.1, -0.05) is 6.07 Å². The number of esters is 1. The van der Waals surface area contributed by atoms with Crippen LogP contribution in [0.2, 0.25) is 0 Å². The average Bonchev–Trinajstić information content (AvgIpc) is 3.10. The lowest BCUT2D eigenvalue weighted by Crippen LogP contribution is -2.50. The number of hydrogen-bond donors (Lipinski definition) is 0. The zero-order valence-corrected chi connectivity index (χ0v) is 14.3. The second kappa shape index (κ2) is 8.00. The summed E-state index contributed by atoms with van der Waals surface area (Å²) in [6, 6.07) is 6.03. The molecular weight excluding hydrogens is 343 g/mol. The maximum Gasteiger partial charge on any atom is 0.397 e. The predicted molar refractivity (Wildman–Crippen MR) is 87.6 cm³/mol. The fourth-order valence-electron chi connectivity index (χ4n) is 2.74. The lowest BCUT2D eigenvalue weighted by atomic mass is 10.3. The van der Waals surface area contributed by atoms with E-state index < -0.39 is 11.9 Å². The Balaban J connectivity index is 1.60. The minimum atomic E-state index is -0.823. The van der Waals surface area contributed by atoms with E-state index in [9.17, 15) is 14.0 Å². The van der Waals surface area contributed by atoms with Crippen LogP contribution in [0.25, 0.3) is 5.69 Å². The Labute approximate surface area is 149 Å². The largest absolute Gasteiger partial charge is 0.459 e. The summed E-state index contributed by atoms with van der Waals surface area (Å²) in [5, 5.41) is 11.6. The number of nitrogens with zero attached hydrogens (tertiary/aromatic N) is 6. The van der Waals surface area contributed by atoms with E-state index in [-0.39, 0.29) is 12.4 Å². The van der Waals surface area contributed by atoms with Crippen molar-refractivity contribution in [2.45, 2.75) is 13.5 Å². The molecule has 0 radical (unpaired) electrons. The van der Waals surface area contributed by atoms with Crippen molar-refractivity contribution in [2.75, 3.05) is 32.8 Å². The molecule has 2 aromatic rings. The molecule has 1 aromatic heterocycles. The normalized spacial score (nSPS) is 15.1. The first-order valence-electron chi connectivity index (χ1n) is 8.30. The lowest BCUT2D eigenvalue weighted by Gasteiger charge is -2.33. The second-order valence-electron chi connectivity index (χ2n) is 5.78. The van der Waals surface area contributed by atoms with Crippen LogP contribution in [0.15, 0.2) is 24.3 Å². The third-order valence-corrected chi connectivity index (χ3v) is 4.06. The molecule has 1 aromatic carbocycles. The first-order valence-corrected chi connectivity index (χ1v) is 8.30. The number of ether oxygens (including phenoxy) is 1. The van der Waals surface area contributed by atoms with Crippen LogP contribution >= 0.6 is 0 Å². The SMILES string of the molecule is CCOC(=O)C(=O)N1CCN(Cc2nnnn2-c2cccc(F)c2)CC1. The van der Waals surface area contributed by atoms with Gasteiger partial charge in [-0.2, -0.15) is 4.68 Å². The van der Waals surface area contributed by atoms with Crippen LogP contribution in [0.4, 0.5) is 4.39 Å². The zero-order valence-electron chi connectivity index (χ0n) is 14.3. The van der Waals surface area contributed by atoms with Crippen molar-refractivity contribution in [3.8, 4) is 5.69 Å². The van der Waals surface area contributed by atoms with Gasteiger partial charge in [0.2, 0.25) is 0 Å². The van der Waals surface area contributed by atoms with Crippen molar-refractivity contribution in [2.24, 2.45) is 0 Å². The molecule has 26 heavy (non-hydrogen) atoms. The first-order chi connectivity index (χ1) is 12.6. The molecular formula is C16H19FN6O3. The second-order valence-corrected chi connectivity index (χ2v) is 5.78. The van der Waals surface area contributed by atoms with Gasteiger partial charge >= 0.3 is 11.9 Å². The number of benzene rings is 1. The van der Waals surface area contributed by atoms with Crippen molar-refractivity contribution in [1.82, 2.24) is 30.0 Å². The fourth-order valence-corrected chi connectivity index (χ4v) is 2.74. The maximum atomic E-state index is 13.4. The van der Waals surface area contributed by atoms with Gasteiger partial charge in [0.1, 0.15) is 5.82 Å². The topological polar surface area (TPSA) is 93.5 Å². The molecule has 138 valence electrons. The van der Waals surface area contributed by atoms with E-state index in [0.717, 1.165) is 0 Å². The van der Waals surface area contributed by atoms with E-state index in [1.165, 1.54) is 21.7 Å². The van der Waals surface area contributed by atoms with E-state index in [4.69, 9.17) is 4.74 Å². The summed E-state index contributed by atoms with van der Waals surface area (Å²) < 4.78 is 19.6. The molecule has 1 aliphatic rings. The summed E-state index contributed by atoms with van der Waals surface area (Å²) in [7, 11) is 0. The van der Waals surface area contributed by atoms with Crippen molar-refractivity contribution < 1.29 is 18.7 Å². The maximum absolute atomic E-state index is 13.4. The highest BCUT2D eigenvalue weighted by Crippen LogP contribution is 2.12. The summed E-state index contributed by atoms with van der Waals surface area (Å²) in [5.41, 5.74) is 0.543. The number of carbonyl (C=O) groups is 2. The molecule has 10 heteroatoms. The number of hydrogen-bond acceptors (Lipinski definition) is 7. The predicted octanol–water partition coefficient (Wildman–Crippen LogP) is 0.00870. The molecule has 0 atom stereocenters.